The smallest absolute Gasteiger partial charge is 0.247 e. The lowest BCUT2D eigenvalue weighted by molar-refractivity contribution is -0.117. The number of hydrogen-bond acceptors (Lipinski definition) is 3. The normalized spacial score (nSPS) is 19.9. The van der Waals surface area contributed by atoms with Crippen molar-refractivity contribution in [2.75, 3.05) is 10.6 Å². The molecule has 0 aliphatic carbocycles. The van der Waals surface area contributed by atoms with Crippen LogP contribution in [-0.2, 0) is 4.79 Å². The highest BCUT2D eigenvalue weighted by atomic mass is 16.2. The van der Waals surface area contributed by atoms with E-state index in [4.69, 9.17) is 0 Å². The Morgan fingerprint density at radius 3 is 2.93 bits per heavy atom. The van der Waals surface area contributed by atoms with E-state index in [-0.39, 0.29) is 17.9 Å². The summed E-state index contributed by atoms with van der Waals surface area (Å²) >= 11 is 0. The van der Waals surface area contributed by atoms with Crippen LogP contribution in [0.15, 0.2) is 18.5 Å². The van der Waals surface area contributed by atoms with E-state index in [9.17, 15) is 4.79 Å². The molecule has 74 valence electrons. The molecule has 0 radical (unpaired) electrons. The van der Waals surface area contributed by atoms with Crippen LogP contribution in [0.1, 0.15) is 13.8 Å². The van der Waals surface area contributed by atoms with Gasteiger partial charge < -0.3 is 10.6 Å². The number of amides is 1. The van der Waals surface area contributed by atoms with Gasteiger partial charge in [-0.3, -0.25) is 9.78 Å². The Morgan fingerprint density at radius 2 is 2.21 bits per heavy atom. The van der Waals surface area contributed by atoms with Gasteiger partial charge in [0.2, 0.25) is 5.91 Å². The van der Waals surface area contributed by atoms with Gasteiger partial charge in [0.1, 0.15) is 6.04 Å². The van der Waals surface area contributed by atoms with E-state index in [1.807, 2.05) is 19.9 Å². The number of carbonyl (C=O) groups excluding carboxylic acids is 1. The van der Waals surface area contributed by atoms with Crippen LogP contribution in [-0.4, -0.2) is 16.9 Å². The minimum atomic E-state index is -0.148. The zero-order valence-electron chi connectivity index (χ0n) is 8.24. The van der Waals surface area contributed by atoms with Gasteiger partial charge in [-0.15, -0.1) is 0 Å². The molecule has 14 heavy (non-hydrogen) atoms. The minimum Gasteiger partial charge on any atom is -0.372 e. The molecular formula is C10H13N3O. The Balaban J connectivity index is 2.31. The number of carbonyl (C=O) groups is 1. The van der Waals surface area contributed by atoms with Crippen molar-refractivity contribution in [3.8, 4) is 0 Å². The lowest BCUT2D eigenvalue weighted by atomic mass is 10.0. The molecule has 1 aromatic heterocycles. The highest BCUT2D eigenvalue weighted by molar-refractivity contribution is 6.02. The van der Waals surface area contributed by atoms with Crippen molar-refractivity contribution >= 4 is 17.3 Å². The Kier molecular flexibility index (Phi) is 2.11. The molecule has 0 aromatic carbocycles. The van der Waals surface area contributed by atoms with Gasteiger partial charge in [-0.25, -0.2) is 0 Å². The first-order valence-corrected chi connectivity index (χ1v) is 4.70. The molecule has 2 heterocycles. The van der Waals surface area contributed by atoms with Crippen molar-refractivity contribution in [1.29, 1.82) is 0 Å². The molecule has 0 saturated heterocycles. The largest absolute Gasteiger partial charge is 0.372 e. The maximum absolute atomic E-state index is 11.6. The van der Waals surface area contributed by atoms with E-state index in [1.54, 1.807) is 12.4 Å². The lowest BCUT2D eigenvalue weighted by Gasteiger charge is -2.28. The van der Waals surface area contributed by atoms with Gasteiger partial charge in [0, 0.05) is 6.20 Å². The van der Waals surface area contributed by atoms with E-state index in [0.717, 1.165) is 11.4 Å². The fraction of sp³-hybridized carbons (Fsp3) is 0.400. The molecule has 2 N–H and O–H groups in total. The number of aromatic nitrogens is 1. The van der Waals surface area contributed by atoms with Gasteiger partial charge in [0.25, 0.3) is 0 Å². The van der Waals surface area contributed by atoms with Crippen LogP contribution in [0.4, 0.5) is 11.4 Å². The predicted octanol–water partition coefficient (Wildman–Crippen LogP) is 1.47. The highest BCUT2D eigenvalue weighted by Crippen LogP contribution is 2.26. The number of nitrogens with one attached hydrogen (secondary N) is 2. The van der Waals surface area contributed by atoms with Crippen molar-refractivity contribution in [1.82, 2.24) is 4.98 Å². The van der Waals surface area contributed by atoms with Gasteiger partial charge in [-0.2, -0.15) is 0 Å². The summed E-state index contributed by atoms with van der Waals surface area (Å²) in [6.45, 7) is 4.03. The first-order chi connectivity index (χ1) is 6.68. The average Bonchev–Trinajstić information content (AvgIpc) is 2.16. The first kappa shape index (κ1) is 8.99. The van der Waals surface area contributed by atoms with Gasteiger partial charge in [-0.05, 0) is 12.0 Å². The molecule has 1 atom stereocenters. The minimum absolute atomic E-state index is 0.0144. The number of anilines is 2. The maximum Gasteiger partial charge on any atom is 0.247 e. The van der Waals surface area contributed by atoms with Gasteiger partial charge in [0.15, 0.2) is 0 Å². The third kappa shape index (κ3) is 1.43. The van der Waals surface area contributed by atoms with Crippen LogP contribution in [0, 0.1) is 5.92 Å². The van der Waals surface area contributed by atoms with E-state index in [0.29, 0.717) is 0 Å². The number of hydrogen-bond donors (Lipinski definition) is 2. The molecule has 0 fully saturated rings. The van der Waals surface area contributed by atoms with Crippen molar-refractivity contribution in [2.45, 2.75) is 19.9 Å². The molecule has 1 aliphatic rings. The molecule has 0 saturated carbocycles. The molecule has 1 aromatic rings. The monoisotopic (exact) mass is 191 g/mol. The molecule has 1 aliphatic heterocycles. The Bertz CT molecular complexity index is 362. The molecule has 4 heteroatoms. The highest BCUT2D eigenvalue weighted by Gasteiger charge is 2.27. The molecule has 1 unspecified atom stereocenters. The number of fused-ring (bicyclic) bond motifs is 1. The number of nitrogens with zero attached hydrogens (tertiary/aromatic N) is 1. The third-order valence-electron chi connectivity index (χ3n) is 2.34. The summed E-state index contributed by atoms with van der Waals surface area (Å²) in [5, 5.41) is 6.02. The van der Waals surface area contributed by atoms with Crippen LogP contribution >= 0.6 is 0 Å². The summed E-state index contributed by atoms with van der Waals surface area (Å²) in [5.41, 5.74) is 1.70. The van der Waals surface area contributed by atoms with E-state index in [1.165, 1.54) is 0 Å². The van der Waals surface area contributed by atoms with Gasteiger partial charge >= 0.3 is 0 Å². The summed E-state index contributed by atoms with van der Waals surface area (Å²) in [7, 11) is 0. The topological polar surface area (TPSA) is 54.0 Å². The molecular weight excluding hydrogens is 178 g/mol. The zero-order chi connectivity index (χ0) is 10.1. The summed E-state index contributed by atoms with van der Waals surface area (Å²) in [6.07, 6.45) is 3.36. The number of rotatable bonds is 1. The third-order valence-corrected chi connectivity index (χ3v) is 2.34. The standard InChI is InChI=1S/C10H13N3O/c1-6(2)9-10(14)13-8-5-11-4-3-7(8)12-9/h3-6,9,12H,1-2H3,(H,13,14). The second-order valence-electron chi connectivity index (χ2n) is 3.78. The van der Waals surface area contributed by atoms with Crippen molar-refractivity contribution < 1.29 is 4.79 Å². The first-order valence-electron chi connectivity index (χ1n) is 4.70. The quantitative estimate of drug-likeness (QED) is 0.706. The molecule has 4 nitrogen and oxygen atoms in total. The average molecular weight is 191 g/mol. The number of pyridine rings is 1. The van der Waals surface area contributed by atoms with Crippen LogP contribution in [0.2, 0.25) is 0 Å². The fourth-order valence-electron chi connectivity index (χ4n) is 1.53. The fourth-order valence-corrected chi connectivity index (χ4v) is 1.53. The van der Waals surface area contributed by atoms with Crippen LogP contribution in [0.25, 0.3) is 0 Å². The Morgan fingerprint density at radius 1 is 1.43 bits per heavy atom. The molecule has 0 spiro atoms. The van der Waals surface area contributed by atoms with Gasteiger partial charge in [0.05, 0.1) is 17.6 Å². The molecule has 1 amide bonds. The van der Waals surface area contributed by atoms with Crippen molar-refractivity contribution in [3.63, 3.8) is 0 Å². The van der Waals surface area contributed by atoms with Crippen molar-refractivity contribution in [3.05, 3.63) is 18.5 Å². The zero-order valence-corrected chi connectivity index (χ0v) is 8.24. The second-order valence-corrected chi connectivity index (χ2v) is 3.78. The van der Waals surface area contributed by atoms with Crippen molar-refractivity contribution in [2.24, 2.45) is 5.92 Å². The van der Waals surface area contributed by atoms with Crippen LogP contribution in [0.3, 0.4) is 0 Å². The second kappa shape index (κ2) is 3.29. The molecule has 0 bridgehead atoms. The van der Waals surface area contributed by atoms with Crippen LogP contribution < -0.4 is 10.6 Å². The van der Waals surface area contributed by atoms with E-state index < -0.39 is 0 Å². The Labute approximate surface area is 82.7 Å². The maximum atomic E-state index is 11.6. The summed E-state index contributed by atoms with van der Waals surface area (Å²) < 4.78 is 0. The summed E-state index contributed by atoms with van der Waals surface area (Å²) in [4.78, 5) is 15.5. The summed E-state index contributed by atoms with van der Waals surface area (Å²) in [6, 6.07) is 1.72. The Hall–Kier alpha value is -1.58. The predicted molar refractivity (Wildman–Crippen MR) is 55.1 cm³/mol. The van der Waals surface area contributed by atoms with Crippen LogP contribution in [0.5, 0.6) is 0 Å². The lowest BCUT2D eigenvalue weighted by Crippen LogP contribution is -2.42. The SMILES string of the molecule is CC(C)C1Nc2ccncc2NC1=O. The van der Waals surface area contributed by atoms with E-state index >= 15 is 0 Å². The van der Waals surface area contributed by atoms with E-state index in [2.05, 4.69) is 15.6 Å². The summed E-state index contributed by atoms with van der Waals surface area (Å²) in [5.74, 6) is 0.289. The molecule has 2 rings (SSSR count). The van der Waals surface area contributed by atoms with Gasteiger partial charge in [-0.1, -0.05) is 13.8 Å².